The first-order chi connectivity index (χ1) is 12.0. The fraction of sp³-hybridized carbons (Fsp3) is 0.235. The fourth-order valence-corrected chi connectivity index (χ4v) is 3.71. The summed E-state index contributed by atoms with van der Waals surface area (Å²) in [6.45, 7) is 1.50. The normalized spacial score (nSPS) is 11.4. The van der Waals surface area contributed by atoms with Crippen molar-refractivity contribution in [3.05, 3.63) is 51.2 Å². The van der Waals surface area contributed by atoms with Gasteiger partial charge < -0.3 is 10.1 Å². The van der Waals surface area contributed by atoms with Crippen LogP contribution in [0.15, 0.2) is 35.7 Å². The summed E-state index contributed by atoms with van der Waals surface area (Å²) in [5, 5.41) is 13.7. The molecule has 0 aliphatic rings. The first kappa shape index (κ1) is 19.3. The molecule has 1 N–H and O–H groups in total. The van der Waals surface area contributed by atoms with Crippen molar-refractivity contribution in [2.45, 2.75) is 18.8 Å². The number of rotatable bonds is 7. The minimum Gasteiger partial charge on any atom is -0.452 e. The Morgan fingerprint density at radius 1 is 1.44 bits per heavy atom. The van der Waals surface area contributed by atoms with Gasteiger partial charge in [-0.05, 0) is 36.6 Å². The summed E-state index contributed by atoms with van der Waals surface area (Å²) in [7, 11) is 0. The number of nitriles is 1. The van der Waals surface area contributed by atoms with Gasteiger partial charge in [-0.25, -0.2) is 0 Å². The molecule has 0 fully saturated rings. The number of thioether (sulfide) groups is 1. The summed E-state index contributed by atoms with van der Waals surface area (Å²) in [5.74, 6) is 0.00871. The van der Waals surface area contributed by atoms with Gasteiger partial charge in [-0.2, -0.15) is 5.26 Å². The Morgan fingerprint density at radius 2 is 2.24 bits per heavy atom. The third-order valence-electron chi connectivity index (χ3n) is 3.08. The van der Waals surface area contributed by atoms with Crippen LogP contribution in [-0.2, 0) is 20.1 Å². The van der Waals surface area contributed by atoms with E-state index in [2.05, 4.69) is 5.32 Å². The lowest BCUT2D eigenvalue weighted by Crippen LogP contribution is -2.30. The van der Waals surface area contributed by atoms with Crippen molar-refractivity contribution in [3.63, 3.8) is 0 Å². The summed E-state index contributed by atoms with van der Waals surface area (Å²) >= 11 is 8.98. The first-order valence-electron chi connectivity index (χ1n) is 7.29. The quantitative estimate of drug-likeness (QED) is 0.716. The van der Waals surface area contributed by atoms with Crippen LogP contribution in [0.4, 0.5) is 5.69 Å². The van der Waals surface area contributed by atoms with Crippen molar-refractivity contribution in [2.75, 3.05) is 11.1 Å². The predicted octanol–water partition coefficient (Wildman–Crippen LogP) is 4.08. The van der Waals surface area contributed by atoms with Gasteiger partial charge in [-0.1, -0.05) is 17.7 Å². The van der Waals surface area contributed by atoms with Gasteiger partial charge in [0.1, 0.15) is 6.07 Å². The van der Waals surface area contributed by atoms with Crippen LogP contribution in [-0.4, -0.2) is 23.7 Å². The highest BCUT2D eigenvalue weighted by atomic mass is 35.5. The predicted molar refractivity (Wildman–Crippen MR) is 101 cm³/mol. The van der Waals surface area contributed by atoms with Crippen molar-refractivity contribution < 1.29 is 14.3 Å². The first-order valence-corrected chi connectivity index (χ1v) is 9.71. The molecule has 0 saturated carbocycles. The van der Waals surface area contributed by atoms with E-state index in [0.29, 0.717) is 11.3 Å². The Morgan fingerprint density at radius 3 is 2.88 bits per heavy atom. The number of benzene rings is 1. The van der Waals surface area contributed by atoms with E-state index in [1.165, 1.54) is 35.7 Å². The van der Waals surface area contributed by atoms with Gasteiger partial charge in [0.05, 0.1) is 16.3 Å². The molecule has 2 aromatic rings. The van der Waals surface area contributed by atoms with Crippen molar-refractivity contribution >= 4 is 52.3 Å². The molecule has 130 valence electrons. The van der Waals surface area contributed by atoms with Crippen LogP contribution in [0.5, 0.6) is 0 Å². The van der Waals surface area contributed by atoms with Crippen LogP contribution in [0.2, 0.25) is 5.02 Å². The fourth-order valence-electron chi connectivity index (χ4n) is 1.84. The minimum atomic E-state index is -0.927. The standard InChI is InChI=1S/C17H15ClN2O3S2/c1-11(23-16(21)10-24-9-14-3-2-6-25-14)17(22)20-13-5-4-12(8-19)15(18)7-13/h2-7,11H,9-10H2,1H3,(H,20,22)/t11-/m1/s1. The number of anilines is 1. The van der Waals surface area contributed by atoms with Crippen molar-refractivity contribution in [1.29, 1.82) is 5.26 Å². The molecule has 1 aromatic carbocycles. The van der Waals surface area contributed by atoms with Crippen LogP contribution >= 0.6 is 34.7 Å². The number of ether oxygens (including phenoxy) is 1. The van der Waals surface area contributed by atoms with Crippen molar-refractivity contribution in [3.8, 4) is 6.07 Å². The summed E-state index contributed by atoms with van der Waals surface area (Å²) in [6, 6.07) is 10.4. The lowest BCUT2D eigenvalue weighted by atomic mass is 10.2. The van der Waals surface area contributed by atoms with E-state index in [9.17, 15) is 9.59 Å². The molecule has 0 radical (unpaired) electrons. The minimum absolute atomic E-state index is 0.179. The largest absolute Gasteiger partial charge is 0.452 e. The zero-order chi connectivity index (χ0) is 18.2. The SMILES string of the molecule is C[C@@H](OC(=O)CSCc1cccs1)C(=O)Nc1ccc(C#N)c(Cl)c1. The Labute approximate surface area is 158 Å². The number of amides is 1. The topological polar surface area (TPSA) is 79.2 Å². The number of hydrogen-bond acceptors (Lipinski definition) is 6. The van der Waals surface area contributed by atoms with E-state index in [-0.39, 0.29) is 10.8 Å². The number of carbonyl (C=O) groups is 2. The maximum atomic E-state index is 12.1. The molecule has 5 nitrogen and oxygen atoms in total. The van der Waals surface area contributed by atoms with Crippen molar-refractivity contribution in [1.82, 2.24) is 0 Å². The molecule has 0 bridgehead atoms. The van der Waals surface area contributed by atoms with E-state index < -0.39 is 18.0 Å². The van der Waals surface area contributed by atoms with Gasteiger partial charge in [-0.15, -0.1) is 23.1 Å². The summed E-state index contributed by atoms with van der Waals surface area (Å²) in [4.78, 5) is 25.1. The molecule has 2 rings (SSSR count). The molecule has 8 heteroatoms. The Kier molecular flexibility index (Phi) is 7.31. The highest BCUT2D eigenvalue weighted by Gasteiger charge is 2.18. The third kappa shape index (κ3) is 6.09. The molecule has 1 aromatic heterocycles. The average Bonchev–Trinajstić information content (AvgIpc) is 3.08. The number of esters is 1. The third-order valence-corrected chi connectivity index (χ3v) is 5.41. The summed E-state index contributed by atoms with van der Waals surface area (Å²) < 4.78 is 5.13. The maximum Gasteiger partial charge on any atom is 0.316 e. The summed E-state index contributed by atoms with van der Waals surface area (Å²) in [6.07, 6.45) is -0.927. The molecule has 0 aliphatic heterocycles. The van der Waals surface area contributed by atoms with Gasteiger partial charge in [0.15, 0.2) is 6.10 Å². The number of carbonyl (C=O) groups excluding carboxylic acids is 2. The zero-order valence-corrected chi connectivity index (χ0v) is 15.7. The van der Waals surface area contributed by atoms with Gasteiger partial charge in [-0.3, -0.25) is 9.59 Å². The van der Waals surface area contributed by atoms with E-state index >= 15 is 0 Å². The lowest BCUT2D eigenvalue weighted by Gasteiger charge is -2.13. The van der Waals surface area contributed by atoms with E-state index in [0.717, 1.165) is 5.75 Å². The maximum absolute atomic E-state index is 12.1. The second-order valence-corrected chi connectivity index (χ2v) is 7.42. The Hall–Kier alpha value is -2.01. The smallest absolute Gasteiger partial charge is 0.316 e. The molecule has 0 spiro atoms. The van der Waals surface area contributed by atoms with E-state index in [1.54, 1.807) is 17.4 Å². The molecule has 1 heterocycles. The molecule has 1 amide bonds. The molecule has 0 unspecified atom stereocenters. The second-order valence-electron chi connectivity index (χ2n) is 5.00. The molecule has 0 saturated heterocycles. The van der Waals surface area contributed by atoms with Gasteiger partial charge in [0, 0.05) is 16.3 Å². The van der Waals surface area contributed by atoms with Gasteiger partial charge >= 0.3 is 5.97 Å². The summed E-state index contributed by atoms with van der Waals surface area (Å²) in [5.41, 5.74) is 0.755. The number of hydrogen-bond donors (Lipinski definition) is 1. The van der Waals surface area contributed by atoms with Gasteiger partial charge in [0.25, 0.3) is 5.91 Å². The number of halogens is 1. The second kappa shape index (κ2) is 9.47. The van der Waals surface area contributed by atoms with Crippen LogP contribution < -0.4 is 5.32 Å². The molecular weight excluding hydrogens is 380 g/mol. The van der Waals surface area contributed by atoms with Crippen LogP contribution in [0, 0.1) is 11.3 Å². The van der Waals surface area contributed by atoms with Crippen LogP contribution in [0.3, 0.4) is 0 Å². The van der Waals surface area contributed by atoms with E-state index in [1.807, 2.05) is 23.6 Å². The Balaban J connectivity index is 1.78. The van der Waals surface area contributed by atoms with E-state index in [4.69, 9.17) is 21.6 Å². The highest BCUT2D eigenvalue weighted by Crippen LogP contribution is 2.21. The lowest BCUT2D eigenvalue weighted by molar-refractivity contribution is -0.150. The highest BCUT2D eigenvalue weighted by molar-refractivity contribution is 7.99. The Bertz CT molecular complexity index is 788. The molecular formula is C17H15ClN2O3S2. The monoisotopic (exact) mass is 394 g/mol. The van der Waals surface area contributed by atoms with Crippen LogP contribution in [0.1, 0.15) is 17.4 Å². The van der Waals surface area contributed by atoms with Crippen LogP contribution in [0.25, 0.3) is 0 Å². The number of nitrogens with zero attached hydrogens (tertiary/aromatic N) is 1. The van der Waals surface area contributed by atoms with Gasteiger partial charge in [0.2, 0.25) is 0 Å². The molecule has 1 atom stereocenters. The molecule has 25 heavy (non-hydrogen) atoms. The zero-order valence-electron chi connectivity index (χ0n) is 13.3. The number of nitrogens with one attached hydrogen (secondary N) is 1. The van der Waals surface area contributed by atoms with Crippen molar-refractivity contribution in [2.24, 2.45) is 0 Å². The number of thiophene rings is 1. The molecule has 0 aliphatic carbocycles. The average molecular weight is 395 g/mol.